The Morgan fingerprint density at radius 2 is 2.07 bits per heavy atom. The topological polar surface area (TPSA) is 73.2 Å². The molecular weight excluding hydrogens is 194 g/mol. The minimum Gasteiger partial charge on any atom is -0.871 e. The summed E-state index contributed by atoms with van der Waals surface area (Å²) in [5.41, 5.74) is 0.552. The Morgan fingerprint density at radius 1 is 1.40 bits per heavy atom. The summed E-state index contributed by atoms with van der Waals surface area (Å²) in [6, 6.07) is 6.72. The molecule has 1 aromatic carbocycles. The molecule has 0 aliphatic carbocycles. The molecule has 4 nitrogen and oxygen atoms in total. The van der Waals surface area contributed by atoms with E-state index in [1.807, 2.05) is 0 Å². The molecule has 0 atom stereocenters. The lowest BCUT2D eigenvalue weighted by Gasteiger charge is -2.15. The molecule has 4 heteroatoms. The molecule has 0 saturated carbocycles. The van der Waals surface area contributed by atoms with Crippen molar-refractivity contribution < 1.29 is 15.0 Å². The van der Waals surface area contributed by atoms with E-state index in [0.29, 0.717) is 10.9 Å². The summed E-state index contributed by atoms with van der Waals surface area (Å²) in [6.45, 7) is 1.52. The third-order valence-corrected chi connectivity index (χ3v) is 2.23. The Balaban J connectivity index is 2.95. The summed E-state index contributed by atoms with van der Waals surface area (Å²) in [7, 11) is 0. The summed E-state index contributed by atoms with van der Waals surface area (Å²) in [6.07, 6.45) is 0. The molecule has 15 heavy (non-hydrogen) atoms. The zero-order chi connectivity index (χ0) is 11.0. The van der Waals surface area contributed by atoms with E-state index in [2.05, 4.69) is 4.98 Å². The van der Waals surface area contributed by atoms with Crippen molar-refractivity contribution in [3.05, 3.63) is 35.5 Å². The highest BCUT2D eigenvalue weighted by Crippen LogP contribution is 2.25. The number of benzene rings is 1. The Hall–Kier alpha value is -2.10. The molecule has 0 aliphatic heterocycles. The molecule has 1 aromatic heterocycles. The van der Waals surface area contributed by atoms with Crippen LogP contribution < -0.4 is 5.11 Å². The van der Waals surface area contributed by atoms with Crippen LogP contribution in [-0.2, 0) is 0 Å². The van der Waals surface area contributed by atoms with Gasteiger partial charge in [0.1, 0.15) is 0 Å². The normalized spacial score (nSPS) is 10.5. The quantitative estimate of drug-likeness (QED) is 0.756. The number of hydrogen-bond acceptors (Lipinski definition) is 3. The number of carbonyl (C=O) groups is 1. The van der Waals surface area contributed by atoms with Crippen molar-refractivity contribution in [2.75, 3.05) is 0 Å². The number of hydrogen-bond donors (Lipinski definition) is 1. The second-order valence-electron chi connectivity index (χ2n) is 3.22. The van der Waals surface area contributed by atoms with E-state index in [1.165, 1.54) is 6.92 Å². The summed E-state index contributed by atoms with van der Waals surface area (Å²) in [5.74, 6) is -1.72. The maximum Gasteiger partial charge on any atom is 0.335 e. The lowest BCUT2D eigenvalue weighted by Crippen LogP contribution is -2.08. The van der Waals surface area contributed by atoms with Crippen LogP contribution in [0.5, 0.6) is 5.75 Å². The number of aromatic carboxylic acids is 1. The minimum atomic E-state index is -1.21. The zero-order valence-electron chi connectivity index (χ0n) is 8.02. The number of carboxylic acids is 1. The second-order valence-corrected chi connectivity index (χ2v) is 3.22. The Labute approximate surface area is 85.8 Å². The predicted molar refractivity (Wildman–Crippen MR) is 52.9 cm³/mol. The molecule has 0 radical (unpaired) electrons. The number of aryl methyl sites for hydroxylation is 1. The van der Waals surface area contributed by atoms with Gasteiger partial charge in [-0.1, -0.05) is 23.9 Å². The molecule has 0 unspecified atom stereocenters. The number of pyridine rings is 1. The summed E-state index contributed by atoms with van der Waals surface area (Å²) in [5, 5.41) is 20.9. The summed E-state index contributed by atoms with van der Waals surface area (Å²) in [4.78, 5) is 15.0. The molecule has 2 rings (SSSR count). The number of carboxylic acid groups (broad SMARTS) is 1. The first-order valence-electron chi connectivity index (χ1n) is 4.41. The van der Waals surface area contributed by atoms with Crippen molar-refractivity contribution in [1.82, 2.24) is 4.98 Å². The van der Waals surface area contributed by atoms with Crippen LogP contribution in [0.1, 0.15) is 16.1 Å². The lowest BCUT2D eigenvalue weighted by molar-refractivity contribution is -0.270. The van der Waals surface area contributed by atoms with Gasteiger partial charge in [0.25, 0.3) is 0 Å². The van der Waals surface area contributed by atoms with Crippen molar-refractivity contribution in [2.24, 2.45) is 0 Å². The molecule has 1 heterocycles. The SMILES string of the molecule is Cc1nc2ccccc2c(C(=O)O)c1[O-]. The van der Waals surface area contributed by atoms with Gasteiger partial charge in [0, 0.05) is 11.1 Å². The van der Waals surface area contributed by atoms with Crippen LogP contribution in [-0.4, -0.2) is 16.1 Å². The van der Waals surface area contributed by atoms with Gasteiger partial charge in [-0.05, 0) is 13.0 Å². The third-order valence-electron chi connectivity index (χ3n) is 2.23. The fourth-order valence-corrected chi connectivity index (χ4v) is 1.53. The van der Waals surface area contributed by atoms with Crippen LogP contribution >= 0.6 is 0 Å². The highest BCUT2D eigenvalue weighted by Gasteiger charge is 2.11. The van der Waals surface area contributed by atoms with E-state index in [4.69, 9.17) is 5.11 Å². The predicted octanol–water partition coefficient (Wildman–Crippen LogP) is 1.32. The molecule has 0 saturated heterocycles. The molecule has 0 fully saturated rings. The van der Waals surface area contributed by atoms with E-state index in [-0.39, 0.29) is 11.3 Å². The first-order chi connectivity index (χ1) is 7.11. The van der Waals surface area contributed by atoms with Crippen molar-refractivity contribution >= 4 is 16.9 Å². The van der Waals surface area contributed by atoms with Gasteiger partial charge in [-0.15, -0.1) is 0 Å². The highest BCUT2D eigenvalue weighted by molar-refractivity contribution is 6.05. The minimum absolute atomic E-state index is 0.196. The average molecular weight is 202 g/mol. The van der Waals surface area contributed by atoms with Crippen molar-refractivity contribution in [2.45, 2.75) is 6.92 Å². The van der Waals surface area contributed by atoms with Crippen molar-refractivity contribution in [3.8, 4) is 5.75 Å². The number of fused-ring (bicyclic) bond motifs is 1. The first-order valence-corrected chi connectivity index (χ1v) is 4.41. The van der Waals surface area contributed by atoms with Crippen LogP contribution in [0.4, 0.5) is 0 Å². The zero-order valence-corrected chi connectivity index (χ0v) is 8.02. The third kappa shape index (κ3) is 1.40. The largest absolute Gasteiger partial charge is 0.871 e. The van der Waals surface area contributed by atoms with Gasteiger partial charge in [-0.2, -0.15) is 0 Å². The molecule has 2 aromatic rings. The van der Waals surface area contributed by atoms with Crippen molar-refractivity contribution in [3.63, 3.8) is 0 Å². The van der Waals surface area contributed by atoms with Crippen molar-refractivity contribution in [1.29, 1.82) is 0 Å². The van der Waals surface area contributed by atoms with Gasteiger partial charge in [-0.3, -0.25) is 4.98 Å². The van der Waals surface area contributed by atoms with E-state index in [9.17, 15) is 9.90 Å². The van der Waals surface area contributed by atoms with Gasteiger partial charge in [0.05, 0.1) is 11.1 Å². The molecule has 0 amide bonds. The van der Waals surface area contributed by atoms with Gasteiger partial charge in [0.2, 0.25) is 0 Å². The average Bonchev–Trinajstić information content (AvgIpc) is 2.19. The fraction of sp³-hybridized carbons (Fsp3) is 0.0909. The number of nitrogens with zero attached hydrogens (tertiary/aromatic N) is 1. The molecule has 0 spiro atoms. The van der Waals surface area contributed by atoms with Crippen LogP contribution in [0.3, 0.4) is 0 Å². The molecular formula is C11H8NO3-. The van der Waals surface area contributed by atoms with E-state index < -0.39 is 11.7 Å². The van der Waals surface area contributed by atoms with E-state index in [1.54, 1.807) is 24.3 Å². The Morgan fingerprint density at radius 3 is 2.73 bits per heavy atom. The Bertz CT molecular complexity index is 549. The van der Waals surface area contributed by atoms with E-state index in [0.717, 1.165) is 0 Å². The maximum absolute atomic E-state index is 11.6. The number of aromatic nitrogens is 1. The Kier molecular flexibility index (Phi) is 2.04. The fourth-order valence-electron chi connectivity index (χ4n) is 1.53. The van der Waals surface area contributed by atoms with Gasteiger partial charge >= 0.3 is 5.97 Å². The molecule has 76 valence electrons. The summed E-state index contributed by atoms with van der Waals surface area (Å²) < 4.78 is 0. The maximum atomic E-state index is 11.6. The molecule has 0 bridgehead atoms. The smallest absolute Gasteiger partial charge is 0.335 e. The van der Waals surface area contributed by atoms with Crippen LogP contribution in [0.15, 0.2) is 24.3 Å². The lowest BCUT2D eigenvalue weighted by atomic mass is 10.1. The van der Waals surface area contributed by atoms with Crippen LogP contribution in [0.2, 0.25) is 0 Å². The highest BCUT2D eigenvalue weighted by atomic mass is 16.4. The van der Waals surface area contributed by atoms with Crippen LogP contribution in [0.25, 0.3) is 10.9 Å². The van der Waals surface area contributed by atoms with E-state index >= 15 is 0 Å². The standard InChI is InChI=1S/C11H9NO3/c1-6-10(13)9(11(14)15)7-4-2-3-5-8(7)12-6/h2-5,13H,1H3,(H,14,15)/p-1. The molecule has 1 N–H and O–H groups in total. The summed E-state index contributed by atoms with van der Waals surface area (Å²) >= 11 is 0. The van der Waals surface area contributed by atoms with Gasteiger partial charge in [-0.25, -0.2) is 4.79 Å². The molecule has 0 aliphatic rings. The second kappa shape index (κ2) is 3.24. The van der Waals surface area contributed by atoms with Crippen LogP contribution in [0, 0.1) is 6.92 Å². The van der Waals surface area contributed by atoms with Gasteiger partial charge < -0.3 is 10.2 Å². The number of para-hydroxylation sites is 1. The monoisotopic (exact) mass is 202 g/mol. The van der Waals surface area contributed by atoms with Gasteiger partial charge in [0.15, 0.2) is 0 Å². The first kappa shape index (κ1) is 9.45. The number of rotatable bonds is 1.